The highest BCUT2D eigenvalue weighted by Gasteiger charge is 2.19. The monoisotopic (exact) mass is 272 g/mol. The molecule has 112 valence electrons. The molecule has 0 bridgehead atoms. The third-order valence-electron chi connectivity index (χ3n) is 3.60. The summed E-state index contributed by atoms with van der Waals surface area (Å²) in [7, 11) is 1.64. The summed E-state index contributed by atoms with van der Waals surface area (Å²) < 4.78 is 10.1. The summed E-state index contributed by atoms with van der Waals surface area (Å²) in [6.45, 7) is 2.29. The molecule has 0 spiro atoms. The van der Waals surface area contributed by atoms with Crippen LogP contribution in [0.25, 0.3) is 0 Å². The Kier molecular flexibility index (Phi) is 8.79. The summed E-state index contributed by atoms with van der Waals surface area (Å²) in [6, 6.07) is 0.344. The van der Waals surface area contributed by atoms with Crippen molar-refractivity contribution < 1.29 is 14.3 Å². The minimum absolute atomic E-state index is 0.120. The SMILES string of the molecule is COCCOCCNC(=O)CCC1CCCC(N)C1. The van der Waals surface area contributed by atoms with E-state index in [2.05, 4.69) is 5.32 Å². The molecule has 0 aromatic rings. The van der Waals surface area contributed by atoms with Gasteiger partial charge in [-0.3, -0.25) is 4.79 Å². The number of methoxy groups -OCH3 is 1. The van der Waals surface area contributed by atoms with Gasteiger partial charge in [0.2, 0.25) is 5.91 Å². The van der Waals surface area contributed by atoms with Crippen molar-refractivity contribution in [3.63, 3.8) is 0 Å². The third kappa shape index (κ3) is 8.18. The molecule has 0 aliphatic heterocycles. The van der Waals surface area contributed by atoms with Gasteiger partial charge in [0.05, 0.1) is 19.8 Å². The first-order chi connectivity index (χ1) is 9.22. The first kappa shape index (κ1) is 16.4. The molecule has 0 heterocycles. The molecule has 5 heteroatoms. The molecule has 0 saturated heterocycles. The molecule has 0 aromatic heterocycles. The second-order valence-corrected chi connectivity index (χ2v) is 5.29. The van der Waals surface area contributed by atoms with Gasteiger partial charge in [0, 0.05) is 26.1 Å². The predicted molar refractivity (Wildman–Crippen MR) is 74.9 cm³/mol. The van der Waals surface area contributed by atoms with Gasteiger partial charge in [-0.15, -0.1) is 0 Å². The normalized spacial score (nSPS) is 23.3. The Morgan fingerprint density at radius 2 is 2.16 bits per heavy atom. The van der Waals surface area contributed by atoms with Crippen LogP contribution in [0.2, 0.25) is 0 Å². The lowest BCUT2D eigenvalue weighted by Crippen LogP contribution is -2.30. The fourth-order valence-corrected chi connectivity index (χ4v) is 2.53. The van der Waals surface area contributed by atoms with Crippen LogP contribution in [0.1, 0.15) is 38.5 Å². The largest absolute Gasteiger partial charge is 0.382 e. The summed E-state index contributed by atoms with van der Waals surface area (Å²) in [5, 5.41) is 2.87. The maximum Gasteiger partial charge on any atom is 0.220 e. The number of nitrogens with one attached hydrogen (secondary N) is 1. The number of amides is 1. The van der Waals surface area contributed by atoms with E-state index >= 15 is 0 Å². The van der Waals surface area contributed by atoms with Crippen molar-refractivity contribution in [2.75, 3.05) is 33.5 Å². The first-order valence-electron chi connectivity index (χ1n) is 7.31. The summed E-state index contributed by atoms with van der Waals surface area (Å²) in [4.78, 5) is 11.6. The van der Waals surface area contributed by atoms with Gasteiger partial charge in [0.1, 0.15) is 0 Å². The van der Waals surface area contributed by atoms with Crippen LogP contribution in [0.4, 0.5) is 0 Å². The molecule has 19 heavy (non-hydrogen) atoms. The molecule has 1 amide bonds. The third-order valence-corrected chi connectivity index (χ3v) is 3.60. The fraction of sp³-hybridized carbons (Fsp3) is 0.929. The summed E-state index contributed by atoms with van der Waals surface area (Å²) in [5.74, 6) is 0.752. The van der Waals surface area contributed by atoms with Gasteiger partial charge in [-0.25, -0.2) is 0 Å². The van der Waals surface area contributed by atoms with E-state index in [0.717, 1.165) is 19.3 Å². The van der Waals surface area contributed by atoms with Crippen LogP contribution in [0.5, 0.6) is 0 Å². The van der Waals surface area contributed by atoms with E-state index in [-0.39, 0.29) is 5.91 Å². The second kappa shape index (κ2) is 10.2. The van der Waals surface area contributed by atoms with Gasteiger partial charge < -0.3 is 20.5 Å². The maximum atomic E-state index is 11.6. The molecule has 2 unspecified atom stereocenters. The minimum atomic E-state index is 0.120. The van der Waals surface area contributed by atoms with Crippen molar-refractivity contribution in [3.8, 4) is 0 Å². The van der Waals surface area contributed by atoms with Crippen LogP contribution in [0.3, 0.4) is 0 Å². The number of nitrogens with two attached hydrogens (primary N) is 1. The van der Waals surface area contributed by atoms with E-state index in [1.54, 1.807) is 7.11 Å². The van der Waals surface area contributed by atoms with Crippen molar-refractivity contribution in [2.45, 2.75) is 44.6 Å². The molecule has 3 N–H and O–H groups in total. The Morgan fingerprint density at radius 3 is 2.89 bits per heavy atom. The van der Waals surface area contributed by atoms with E-state index in [0.29, 0.717) is 44.7 Å². The molecule has 2 atom stereocenters. The fourth-order valence-electron chi connectivity index (χ4n) is 2.53. The molecule has 0 aromatic carbocycles. The topological polar surface area (TPSA) is 73.6 Å². The lowest BCUT2D eigenvalue weighted by Gasteiger charge is -2.26. The van der Waals surface area contributed by atoms with E-state index in [1.165, 1.54) is 12.8 Å². The van der Waals surface area contributed by atoms with Crippen LogP contribution in [0.15, 0.2) is 0 Å². The zero-order chi connectivity index (χ0) is 13.9. The van der Waals surface area contributed by atoms with Crippen LogP contribution < -0.4 is 11.1 Å². The standard InChI is InChI=1S/C14H28N2O3/c1-18-9-10-19-8-7-16-14(17)6-5-12-3-2-4-13(15)11-12/h12-13H,2-11,15H2,1H3,(H,16,17). The molecule has 5 nitrogen and oxygen atoms in total. The Balaban J connectivity index is 1.95. The summed E-state index contributed by atoms with van der Waals surface area (Å²) in [6.07, 6.45) is 6.22. The second-order valence-electron chi connectivity index (χ2n) is 5.29. The molecule has 1 saturated carbocycles. The van der Waals surface area contributed by atoms with Gasteiger partial charge in [-0.1, -0.05) is 12.8 Å². The van der Waals surface area contributed by atoms with E-state index in [1.807, 2.05) is 0 Å². The average molecular weight is 272 g/mol. The van der Waals surface area contributed by atoms with Gasteiger partial charge in [0.25, 0.3) is 0 Å². The Hall–Kier alpha value is -0.650. The van der Waals surface area contributed by atoms with Crippen molar-refractivity contribution in [2.24, 2.45) is 11.7 Å². The highest BCUT2D eigenvalue weighted by atomic mass is 16.5. The van der Waals surface area contributed by atoms with Crippen LogP contribution >= 0.6 is 0 Å². The van der Waals surface area contributed by atoms with Crippen molar-refractivity contribution in [3.05, 3.63) is 0 Å². The summed E-state index contributed by atoms with van der Waals surface area (Å²) in [5.41, 5.74) is 5.94. The van der Waals surface area contributed by atoms with Crippen LogP contribution in [0, 0.1) is 5.92 Å². The lowest BCUT2D eigenvalue weighted by atomic mass is 9.83. The number of carbonyl (C=O) groups is 1. The molecular formula is C14H28N2O3. The van der Waals surface area contributed by atoms with Crippen LogP contribution in [-0.2, 0) is 14.3 Å². The van der Waals surface area contributed by atoms with E-state index < -0.39 is 0 Å². The lowest BCUT2D eigenvalue weighted by molar-refractivity contribution is -0.121. The predicted octanol–water partition coefficient (Wildman–Crippen LogP) is 1.06. The van der Waals surface area contributed by atoms with E-state index in [9.17, 15) is 4.79 Å². The summed E-state index contributed by atoms with van der Waals surface area (Å²) >= 11 is 0. The van der Waals surface area contributed by atoms with Crippen LogP contribution in [-0.4, -0.2) is 45.4 Å². The average Bonchev–Trinajstić information content (AvgIpc) is 2.40. The number of hydrogen-bond acceptors (Lipinski definition) is 4. The quantitative estimate of drug-likeness (QED) is 0.616. The number of hydrogen-bond donors (Lipinski definition) is 2. The van der Waals surface area contributed by atoms with E-state index in [4.69, 9.17) is 15.2 Å². The molecule has 1 aliphatic rings. The molecule has 1 rings (SSSR count). The number of ether oxygens (including phenoxy) is 2. The molecule has 0 radical (unpaired) electrons. The van der Waals surface area contributed by atoms with Gasteiger partial charge in [0.15, 0.2) is 0 Å². The molecule has 1 fully saturated rings. The highest BCUT2D eigenvalue weighted by Crippen LogP contribution is 2.26. The van der Waals surface area contributed by atoms with Crippen molar-refractivity contribution in [1.29, 1.82) is 0 Å². The van der Waals surface area contributed by atoms with Crippen molar-refractivity contribution >= 4 is 5.91 Å². The number of rotatable bonds is 9. The van der Waals surface area contributed by atoms with Gasteiger partial charge in [-0.2, -0.15) is 0 Å². The maximum absolute atomic E-state index is 11.6. The van der Waals surface area contributed by atoms with Crippen molar-refractivity contribution in [1.82, 2.24) is 5.32 Å². The Labute approximate surface area is 116 Å². The smallest absolute Gasteiger partial charge is 0.220 e. The highest BCUT2D eigenvalue weighted by molar-refractivity contribution is 5.75. The van der Waals surface area contributed by atoms with Gasteiger partial charge in [-0.05, 0) is 25.2 Å². The zero-order valence-electron chi connectivity index (χ0n) is 12.0. The first-order valence-corrected chi connectivity index (χ1v) is 7.31. The van der Waals surface area contributed by atoms with Gasteiger partial charge >= 0.3 is 0 Å². The molecule has 1 aliphatic carbocycles. The Bertz CT molecular complexity index is 249. The molecular weight excluding hydrogens is 244 g/mol. The number of carbonyl (C=O) groups excluding carboxylic acids is 1. The zero-order valence-corrected chi connectivity index (χ0v) is 12.0. The Morgan fingerprint density at radius 1 is 1.32 bits per heavy atom. The minimum Gasteiger partial charge on any atom is -0.382 e.